The molecule has 1 amide bonds. The maximum atomic E-state index is 12.4. The number of nitrogens with one attached hydrogen (secondary N) is 1. The van der Waals surface area contributed by atoms with E-state index in [4.69, 9.17) is 34.8 Å². The molecule has 0 bridgehead atoms. The van der Waals surface area contributed by atoms with Gasteiger partial charge in [-0.2, -0.15) is 9.78 Å². The first-order valence-corrected chi connectivity index (χ1v) is 8.02. The van der Waals surface area contributed by atoms with Crippen molar-refractivity contribution >= 4 is 46.5 Å². The maximum absolute atomic E-state index is 12.4. The van der Waals surface area contributed by atoms with Gasteiger partial charge in [-0.1, -0.05) is 34.8 Å². The molecular formula is C16H11Cl3N4O. The van der Waals surface area contributed by atoms with Gasteiger partial charge in [0.25, 0.3) is 5.91 Å². The minimum atomic E-state index is -0.294. The van der Waals surface area contributed by atoms with Gasteiger partial charge in [-0.25, -0.2) is 4.98 Å². The molecule has 24 heavy (non-hydrogen) atoms. The Balaban J connectivity index is 1.94. The van der Waals surface area contributed by atoms with Crippen LogP contribution in [0.25, 0.3) is 5.82 Å². The molecule has 5 nitrogen and oxygen atoms in total. The summed E-state index contributed by atoms with van der Waals surface area (Å²) in [7, 11) is 0. The monoisotopic (exact) mass is 380 g/mol. The zero-order chi connectivity index (χ0) is 17.3. The van der Waals surface area contributed by atoms with Crippen molar-refractivity contribution in [3.8, 4) is 5.82 Å². The zero-order valence-corrected chi connectivity index (χ0v) is 14.7. The molecule has 0 radical (unpaired) electrons. The minimum absolute atomic E-state index is 0.294. The van der Waals surface area contributed by atoms with E-state index in [2.05, 4.69) is 15.4 Å². The van der Waals surface area contributed by atoms with Crippen LogP contribution in [0.15, 0.2) is 42.6 Å². The van der Waals surface area contributed by atoms with Crippen molar-refractivity contribution in [2.24, 2.45) is 0 Å². The second-order valence-electron chi connectivity index (χ2n) is 5.00. The number of carbonyl (C=O) groups is 1. The second-order valence-corrected chi connectivity index (χ2v) is 6.28. The summed E-state index contributed by atoms with van der Waals surface area (Å²) < 4.78 is 1.46. The number of pyridine rings is 1. The lowest BCUT2D eigenvalue weighted by Gasteiger charge is -2.09. The summed E-state index contributed by atoms with van der Waals surface area (Å²) in [5.41, 5.74) is 1.18. The molecule has 1 aromatic carbocycles. The van der Waals surface area contributed by atoms with Crippen molar-refractivity contribution in [1.29, 1.82) is 0 Å². The lowest BCUT2D eigenvalue weighted by Crippen LogP contribution is -2.15. The van der Waals surface area contributed by atoms with Crippen LogP contribution in [-0.2, 0) is 0 Å². The van der Waals surface area contributed by atoms with E-state index in [0.29, 0.717) is 38.0 Å². The Morgan fingerprint density at radius 3 is 2.46 bits per heavy atom. The summed E-state index contributed by atoms with van der Waals surface area (Å²) in [4.78, 5) is 16.6. The number of aromatic nitrogens is 3. The predicted molar refractivity (Wildman–Crippen MR) is 95.5 cm³/mol. The Bertz CT molecular complexity index is 906. The Morgan fingerprint density at radius 2 is 1.79 bits per heavy atom. The number of carbonyl (C=O) groups excluding carboxylic acids is 1. The largest absolute Gasteiger partial charge is 0.306 e. The van der Waals surface area contributed by atoms with E-state index in [1.807, 2.05) is 0 Å². The fourth-order valence-electron chi connectivity index (χ4n) is 2.10. The Hall–Kier alpha value is -2.08. The van der Waals surface area contributed by atoms with Gasteiger partial charge in [0, 0.05) is 22.8 Å². The Kier molecular flexibility index (Phi) is 4.76. The average Bonchev–Trinajstić information content (AvgIpc) is 2.88. The van der Waals surface area contributed by atoms with Crippen molar-refractivity contribution in [1.82, 2.24) is 14.8 Å². The third-order valence-corrected chi connectivity index (χ3v) is 3.91. The zero-order valence-electron chi connectivity index (χ0n) is 12.4. The van der Waals surface area contributed by atoms with Gasteiger partial charge in [-0.15, -0.1) is 0 Å². The number of anilines is 1. The fourth-order valence-corrected chi connectivity index (χ4v) is 2.69. The van der Waals surface area contributed by atoms with Crippen LogP contribution < -0.4 is 5.32 Å². The summed E-state index contributed by atoms with van der Waals surface area (Å²) in [6.45, 7) is 1.80. The minimum Gasteiger partial charge on any atom is -0.306 e. The molecule has 0 aliphatic rings. The molecule has 0 fully saturated rings. The second kappa shape index (κ2) is 6.81. The van der Waals surface area contributed by atoms with E-state index in [9.17, 15) is 4.79 Å². The lowest BCUT2D eigenvalue weighted by atomic mass is 10.2. The first-order chi connectivity index (χ1) is 11.4. The van der Waals surface area contributed by atoms with Gasteiger partial charge in [0.1, 0.15) is 5.82 Å². The summed E-state index contributed by atoms with van der Waals surface area (Å²) in [6, 6.07) is 9.86. The van der Waals surface area contributed by atoms with Crippen LogP contribution in [-0.4, -0.2) is 20.7 Å². The van der Waals surface area contributed by atoms with Crippen molar-refractivity contribution in [2.75, 3.05) is 5.32 Å². The van der Waals surface area contributed by atoms with Crippen LogP contribution >= 0.6 is 34.8 Å². The topological polar surface area (TPSA) is 59.8 Å². The van der Waals surface area contributed by atoms with Crippen LogP contribution in [0, 0.1) is 6.92 Å². The number of amides is 1. The molecule has 0 saturated carbocycles. The first-order valence-electron chi connectivity index (χ1n) is 6.89. The number of aryl methyl sites for hydroxylation is 1. The van der Waals surface area contributed by atoms with Crippen LogP contribution in [0.3, 0.4) is 0 Å². The number of halogens is 3. The SMILES string of the molecule is Cc1cc(NC(=O)c2ccc(Cl)cc2)n(-c2ncc(Cl)cc2Cl)n1. The third kappa shape index (κ3) is 3.53. The number of nitrogens with zero attached hydrogens (tertiary/aromatic N) is 3. The van der Waals surface area contributed by atoms with Crippen LogP contribution in [0.4, 0.5) is 5.82 Å². The molecule has 3 aromatic rings. The standard InChI is InChI=1S/C16H11Cl3N4O/c1-9-6-14(21-16(24)10-2-4-11(17)5-3-10)23(22-9)15-13(19)7-12(18)8-20-15/h2-8H,1H3,(H,21,24). The van der Waals surface area contributed by atoms with Crippen molar-refractivity contribution in [3.63, 3.8) is 0 Å². The lowest BCUT2D eigenvalue weighted by molar-refractivity contribution is 0.102. The van der Waals surface area contributed by atoms with Crippen LogP contribution in [0.1, 0.15) is 16.1 Å². The molecule has 3 rings (SSSR count). The molecule has 0 spiro atoms. The molecular weight excluding hydrogens is 371 g/mol. The highest BCUT2D eigenvalue weighted by Gasteiger charge is 2.15. The Morgan fingerprint density at radius 1 is 1.08 bits per heavy atom. The van der Waals surface area contributed by atoms with Gasteiger partial charge in [0.15, 0.2) is 5.82 Å². The van der Waals surface area contributed by atoms with E-state index in [-0.39, 0.29) is 5.91 Å². The number of hydrogen-bond acceptors (Lipinski definition) is 3. The van der Waals surface area contributed by atoms with Crippen LogP contribution in [0.5, 0.6) is 0 Å². The molecule has 0 atom stereocenters. The van der Waals surface area contributed by atoms with Gasteiger partial charge < -0.3 is 5.32 Å². The highest BCUT2D eigenvalue weighted by molar-refractivity contribution is 6.35. The molecule has 0 aliphatic carbocycles. The highest BCUT2D eigenvalue weighted by Crippen LogP contribution is 2.25. The van der Waals surface area contributed by atoms with Gasteiger partial charge in [0.05, 0.1) is 15.7 Å². The molecule has 122 valence electrons. The summed E-state index contributed by atoms with van der Waals surface area (Å²) in [5.74, 6) is 0.530. The van der Waals surface area contributed by atoms with Crippen molar-refractivity contribution in [3.05, 3.63) is 68.9 Å². The summed E-state index contributed by atoms with van der Waals surface area (Å²) >= 11 is 17.9. The number of benzene rings is 1. The van der Waals surface area contributed by atoms with Crippen molar-refractivity contribution in [2.45, 2.75) is 6.92 Å². The Labute approximate surface area is 153 Å². The molecule has 0 saturated heterocycles. The molecule has 2 heterocycles. The third-order valence-electron chi connectivity index (χ3n) is 3.17. The molecule has 1 N–H and O–H groups in total. The van der Waals surface area contributed by atoms with Gasteiger partial charge >= 0.3 is 0 Å². The van der Waals surface area contributed by atoms with E-state index >= 15 is 0 Å². The molecule has 8 heteroatoms. The number of hydrogen-bond donors (Lipinski definition) is 1. The van der Waals surface area contributed by atoms with Crippen LogP contribution in [0.2, 0.25) is 15.1 Å². The van der Waals surface area contributed by atoms with E-state index in [0.717, 1.165) is 0 Å². The first kappa shape index (κ1) is 16.8. The van der Waals surface area contributed by atoms with E-state index in [1.54, 1.807) is 43.3 Å². The molecule has 0 aliphatic heterocycles. The van der Waals surface area contributed by atoms with E-state index < -0.39 is 0 Å². The fraction of sp³-hybridized carbons (Fsp3) is 0.0625. The van der Waals surface area contributed by atoms with Gasteiger partial charge in [-0.3, -0.25) is 4.79 Å². The number of rotatable bonds is 3. The predicted octanol–water partition coefficient (Wildman–Crippen LogP) is 4.79. The normalized spacial score (nSPS) is 10.7. The molecule has 0 unspecified atom stereocenters. The quantitative estimate of drug-likeness (QED) is 0.709. The molecule has 2 aromatic heterocycles. The van der Waals surface area contributed by atoms with Crippen molar-refractivity contribution < 1.29 is 4.79 Å². The summed E-state index contributed by atoms with van der Waals surface area (Å²) in [6.07, 6.45) is 1.46. The highest BCUT2D eigenvalue weighted by atomic mass is 35.5. The smallest absolute Gasteiger partial charge is 0.256 e. The van der Waals surface area contributed by atoms with E-state index in [1.165, 1.54) is 10.9 Å². The average molecular weight is 382 g/mol. The maximum Gasteiger partial charge on any atom is 0.256 e. The van der Waals surface area contributed by atoms with Gasteiger partial charge in [0.2, 0.25) is 0 Å². The summed E-state index contributed by atoms with van der Waals surface area (Å²) in [5, 5.41) is 8.42. The van der Waals surface area contributed by atoms with Gasteiger partial charge in [-0.05, 0) is 37.3 Å².